The molecule has 0 unspecified atom stereocenters. The SMILES string of the molecule is CCCCCCCCCCCCCCCCCCCc1n(CCCCCCCCC)cc[n+]1CCCc1ccccc1. The Labute approximate surface area is 263 Å². The van der Waals surface area contributed by atoms with Crippen LogP contribution in [0.1, 0.15) is 186 Å². The van der Waals surface area contributed by atoms with Crippen molar-refractivity contribution in [2.24, 2.45) is 0 Å². The van der Waals surface area contributed by atoms with E-state index in [0.717, 1.165) is 6.54 Å². The van der Waals surface area contributed by atoms with Crippen molar-refractivity contribution >= 4 is 0 Å². The first-order valence-corrected chi connectivity index (χ1v) is 19.0. The van der Waals surface area contributed by atoms with Gasteiger partial charge < -0.3 is 0 Å². The summed E-state index contributed by atoms with van der Waals surface area (Å²) in [6, 6.07) is 11.0. The number of hydrogen-bond donors (Lipinski definition) is 0. The molecule has 2 rings (SSSR count). The van der Waals surface area contributed by atoms with E-state index in [1.54, 1.807) is 5.82 Å². The number of imidazole rings is 1. The van der Waals surface area contributed by atoms with E-state index in [0.29, 0.717) is 0 Å². The highest BCUT2D eigenvalue weighted by Crippen LogP contribution is 2.15. The first kappa shape index (κ1) is 36.6. The Kier molecular flexibility index (Phi) is 23.6. The first-order chi connectivity index (χ1) is 20.8. The molecule has 0 aliphatic rings. The van der Waals surface area contributed by atoms with Gasteiger partial charge in [-0.25, -0.2) is 9.13 Å². The highest BCUT2D eigenvalue weighted by atomic mass is 15.1. The van der Waals surface area contributed by atoms with Crippen LogP contribution in [0.4, 0.5) is 0 Å². The second kappa shape index (κ2) is 27.0. The molecule has 0 bridgehead atoms. The minimum Gasteiger partial charge on any atom is -0.234 e. The molecule has 1 aromatic heterocycles. The van der Waals surface area contributed by atoms with Crippen LogP contribution in [-0.2, 0) is 25.9 Å². The Hall–Kier alpha value is -1.57. The van der Waals surface area contributed by atoms with E-state index in [2.05, 4.69) is 65.7 Å². The van der Waals surface area contributed by atoms with Gasteiger partial charge in [-0.15, -0.1) is 0 Å². The van der Waals surface area contributed by atoms with Crippen LogP contribution in [0.3, 0.4) is 0 Å². The smallest absolute Gasteiger partial charge is 0.234 e. The molecule has 2 aromatic rings. The lowest BCUT2D eigenvalue weighted by Gasteiger charge is -2.07. The minimum absolute atomic E-state index is 1.15. The Morgan fingerprint density at radius 1 is 0.476 bits per heavy atom. The van der Waals surface area contributed by atoms with E-state index in [-0.39, 0.29) is 0 Å². The van der Waals surface area contributed by atoms with Crippen LogP contribution in [0.25, 0.3) is 0 Å². The van der Waals surface area contributed by atoms with Gasteiger partial charge in [0.05, 0.1) is 13.1 Å². The second-order valence-electron chi connectivity index (χ2n) is 13.2. The van der Waals surface area contributed by atoms with Crippen LogP contribution >= 0.6 is 0 Å². The zero-order valence-corrected chi connectivity index (χ0v) is 28.4. The number of unbranched alkanes of at least 4 members (excludes halogenated alkanes) is 22. The summed E-state index contributed by atoms with van der Waals surface area (Å²) >= 11 is 0. The molecule has 1 heterocycles. The Balaban J connectivity index is 1.58. The van der Waals surface area contributed by atoms with Crippen molar-refractivity contribution in [1.29, 1.82) is 0 Å². The summed E-state index contributed by atoms with van der Waals surface area (Å²) in [6.07, 6.45) is 42.6. The summed E-state index contributed by atoms with van der Waals surface area (Å²) in [5.74, 6) is 1.58. The van der Waals surface area contributed by atoms with Gasteiger partial charge in [0, 0.05) is 6.42 Å². The molecule has 0 fully saturated rings. The van der Waals surface area contributed by atoms with E-state index in [1.165, 1.54) is 185 Å². The summed E-state index contributed by atoms with van der Waals surface area (Å²) < 4.78 is 5.18. The molecule has 0 aliphatic carbocycles. The lowest BCUT2D eigenvalue weighted by atomic mass is 10.0. The van der Waals surface area contributed by atoms with E-state index in [4.69, 9.17) is 0 Å². The molecule has 1 aromatic carbocycles. The van der Waals surface area contributed by atoms with Crippen LogP contribution in [0.15, 0.2) is 42.7 Å². The summed E-state index contributed by atoms with van der Waals surface area (Å²) in [6.45, 7) is 6.96. The molecule has 0 radical (unpaired) electrons. The molecule has 0 N–H and O–H groups in total. The molecule has 0 amide bonds. The Morgan fingerprint density at radius 2 is 0.929 bits per heavy atom. The van der Waals surface area contributed by atoms with Crippen molar-refractivity contribution in [3.63, 3.8) is 0 Å². The van der Waals surface area contributed by atoms with E-state index in [1.807, 2.05) is 0 Å². The molecule has 0 spiro atoms. The monoisotopic (exact) mass is 580 g/mol. The predicted octanol–water partition coefficient (Wildman–Crippen LogP) is 12.4. The van der Waals surface area contributed by atoms with Gasteiger partial charge in [0.1, 0.15) is 12.4 Å². The van der Waals surface area contributed by atoms with Crippen molar-refractivity contribution in [2.75, 3.05) is 0 Å². The van der Waals surface area contributed by atoms with Gasteiger partial charge >= 0.3 is 0 Å². The molecule has 0 aliphatic heterocycles. The molecule has 240 valence electrons. The number of hydrogen-bond acceptors (Lipinski definition) is 0. The van der Waals surface area contributed by atoms with Crippen molar-refractivity contribution in [3.8, 4) is 0 Å². The largest absolute Gasteiger partial charge is 0.256 e. The third-order valence-electron chi connectivity index (χ3n) is 9.30. The highest BCUT2D eigenvalue weighted by Gasteiger charge is 2.16. The van der Waals surface area contributed by atoms with Crippen LogP contribution in [0.5, 0.6) is 0 Å². The lowest BCUT2D eigenvalue weighted by Crippen LogP contribution is -2.37. The number of aromatic nitrogens is 2. The highest BCUT2D eigenvalue weighted by molar-refractivity contribution is 5.14. The number of nitrogens with zero attached hydrogens (tertiary/aromatic N) is 2. The number of aryl methyl sites for hydroxylation is 3. The third kappa shape index (κ3) is 18.9. The second-order valence-corrected chi connectivity index (χ2v) is 13.2. The topological polar surface area (TPSA) is 8.81 Å². The Bertz CT molecular complexity index is 823. The third-order valence-corrected chi connectivity index (χ3v) is 9.30. The van der Waals surface area contributed by atoms with Gasteiger partial charge in [-0.3, -0.25) is 0 Å². The fourth-order valence-electron chi connectivity index (χ4n) is 6.54. The molecular weight excluding hydrogens is 508 g/mol. The van der Waals surface area contributed by atoms with Gasteiger partial charge in [-0.05, 0) is 37.7 Å². The zero-order valence-electron chi connectivity index (χ0n) is 28.4. The fourth-order valence-corrected chi connectivity index (χ4v) is 6.54. The number of benzene rings is 1. The molecule has 0 atom stereocenters. The average molecular weight is 580 g/mol. The number of rotatable bonds is 30. The minimum atomic E-state index is 1.15. The average Bonchev–Trinajstić information content (AvgIpc) is 3.39. The van der Waals surface area contributed by atoms with Crippen LogP contribution in [0.2, 0.25) is 0 Å². The summed E-state index contributed by atoms with van der Waals surface area (Å²) in [4.78, 5) is 0. The molecule has 0 saturated carbocycles. The van der Waals surface area contributed by atoms with E-state index < -0.39 is 0 Å². The van der Waals surface area contributed by atoms with E-state index in [9.17, 15) is 0 Å². The molecular formula is C40H71N2+. The fraction of sp³-hybridized carbons (Fsp3) is 0.775. The molecule has 42 heavy (non-hydrogen) atoms. The van der Waals surface area contributed by atoms with Crippen LogP contribution in [0, 0.1) is 0 Å². The molecule has 0 saturated heterocycles. The predicted molar refractivity (Wildman–Crippen MR) is 185 cm³/mol. The first-order valence-electron chi connectivity index (χ1n) is 19.0. The van der Waals surface area contributed by atoms with Gasteiger partial charge in [-0.2, -0.15) is 0 Å². The van der Waals surface area contributed by atoms with Crippen LogP contribution in [-0.4, -0.2) is 4.57 Å². The van der Waals surface area contributed by atoms with Crippen LogP contribution < -0.4 is 4.57 Å². The van der Waals surface area contributed by atoms with Gasteiger partial charge in [0.2, 0.25) is 0 Å². The van der Waals surface area contributed by atoms with Crippen molar-refractivity contribution < 1.29 is 4.57 Å². The molecule has 2 nitrogen and oxygen atoms in total. The van der Waals surface area contributed by atoms with Gasteiger partial charge in [0.25, 0.3) is 5.82 Å². The maximum Gasteiger partial charge on any atom is 0.256 e. The summed E-state index contributed by atoms with van der Waals surface area (Å²) in [5, 5.41) is 0. The van der Waals surface area contributed by atoms with E-state index >= 15 is 0 Å². The van der Waals surface area contributed by atoms with Gasteiger partial charge in [0.15, 0.2) is 0 Å². The molecule has 2 heteroatoms. The normalized spacial score (nSPS) is 11.5. The summed E-state index contributed by atoms with van der Waals surface area (Å²) in [7, 11) is 0. The van der Waals surface area contributed by atoms with Crippen molar-refractivity contribution in [1.82, 2.24) is 4.57 Å². The van der Waals surface area contributed by atoms with Crippen molar-refractivity contribution in [2.45, 2.75) is 200 Å². The maximum atomic E-state index is 2.60. The zero-order chi connectivity index (χ0) is 29.8. The quantitative estimate of drug-likeness (QED) is 0.0643. The maximum absolute atomic E-state index is 2.60. The van der Waals surface area contributed by atoms with Gasteiger partial charge in [-0.1, -0.05) is 179 Å². The van der Waals surface area contributed by atoms with Crippen molar-refractivity contribution in [3.05, 3.63) is 54.1 Å². The Morgan fingerprint density at radius 3 is 1.43 bits per heavy atom. The lowest BCUT2D eigenvalue weighted by molar-refractivity contribution is -0.704. The standard InChI is InChI=1S/C40H71N2/c1-3-5-7-9-11-12-13-14-15-16-17-18-19-20-21-23-28-34-40-41(35-29-24-22-10-8-6-4-2)37-38-42(40)36-30-33-39-31-26-25-27-32-39/h25-27,31-32,37-38H,3-24,28-30,33-36H2,1-2H3/q+1. The summed E-state index contributed by atoms with van der Waals surface area (Å²) in [5.41, 5.74) is 1.47.